The summed E-state index contributed by atoms with van der Waals surface area (Å²) in [7, 11) is 3.99. The first-order valence-corrected chi connectivity index (χ1v) is 5.65. The molecule has 1 heterocycles. The summed E-state index contributed by atoms with van der Waals surface area (Å²) in [6.07, 6.45) is 3.60. The molecule has 1 rings (SSSR count). The van der Waals surface area contributed by atoms with Crippen molar-refractivity contribution in [3.63, 3.8) is 0 Å². The van der Waals surface area contributed by atoms with Gasteiger partial charge in [0.25, 0.3) is 0 Å². The van der Waals surface area contributed by atoms with Crippen molar-refractivity contribution in [1.82, 2.24) is 14.7 Å². The van der Waals surface area contributed by atoms with Crippen LogP contribution >= 0.6 is 0 Å². The van der Waals surface area contributed by atoms with Crippen molar-refractivity contribution in [3.8, 4) is 0 Å². The molecule has 1 unspecified atom stereocenters. The number of hydrogen-bond acceptors (Lipinski definition) is 3. The van der Waals surface area contributed by atoms with Crippen LogP contribution in [0.3, 0.4) is 0 Å². The van der Waals surface area contributed by atoms with Gasteiger partial charge in [-0.3, -0.25) is 4.68 Å². The molecule has 0 aromatic carbocycles. The SMILES string of the molecule is CC(O)C(C)(C)CN(C)Cc1cnn(C)c1. The van der Waals surface area contributed by atoms with Crippen LogP contribution in [0.5, 0.6) is 0 Å². The average molecular weight is 225 g/mol. The highest BCUT2D eigenvalue weighted by Crippen LogP contribution is 2.22. The molecule has 1 atom stereocenters. The van der Waals surface area contributed by atoms with Gasteiger partial charge in [-0.1, -0.05) is 13.8 Å². The summed E-state index contributed by atoms with van der Waals surface area (Å²) in [5.74, 6) is 0. The third kappa shape index (κ3) is 3.61. The van der Waals surface area contributed by atoms with E-state index in [0.717, 1.165) is 13.1 Å². The lowest BCUT2D eigenvalue weighted by Gasteiger charge is -2.32. The zero-order valence-electron chi connectivity index (χ0n) is 10.9. The van der Waals surface area contributed by atoms with Gasteiger partial charge in [-0.2, -0.15) is 5.10 Å². The molecule has 16 heavy (non-hydrogen) atoms. The predicted octanol–water partition coefficient (Wildman–Crippen LogP) is 1.26. The van der Waals surface area contributed by atoms with Gasteiger partial charge in [0.1, 0.15) is 0 Å². The molecule has 92 valence electrons. The predicted molar refractivity (Wildman–Crippen MR) is 65.0 cm³/mol. The van der Waals surface area contributed by atoms with E-state index in [0.29, 0.717) is 0 Å². The zero-order valence-corrected chi connectivity index (χ0v) is 10.9. The summed E-state index contributed by atoms with van der Waals surface area (Å²) in [5, 5.41) is 13.8. The van der Waals surface area contributed by atoms with Crippen molar-refractivity contribution in [3.05, 3.63) is 18.0 Å². The summed E-state index contributed by atoms with van der Waals surface area (Å²) >= 11 is 0. The molecule has 0 saturated heterocycles. The van der Waals surface area contributed by atoms with Crippen LogP contribution < -0.4 is 0 Å². The molecule has 1 aromatic heterocycles. The molecule has 0 saturated carbocycles. The molecule has 0 radical (unpaired) electrons. The topological polar surface area (TPSA) is 41.3 Å². The molecule has 4 nitrogen and oxygen atoms in total. The molecule has 0 aliphatic rings. The Morgan fingerprint density at radius 2 is 2.19 bits per heavy atom. The second kappa shape index (κ2) is 4.97. The highest BCUT2D eigenvalue weighted by molar-refractivity contribution is 5.03. The Hall–Kier alpha value is -0.870. The first kappa shape index (κ1) is 13.2. The van der Waals surface area contributed by atoms with Gasteiger partial charge >= 0.3 is 0 Å². The Morgan fingerprint density at radius 3 is 2.62 bits per heavy atom. The van der Waals surface area contributed by atoms with Crippen molar-refractivity contribution in [2.24, 2.45) is 12.5 Å². The summed E-state index contributed by atoms with van der Waals surface area (Å²) in [6, 6.07) is 0. The highest BCUT2D eigenvalue weighted by atomic mass is 16.3. The van der Waals surface area contributed by atoms with Crippen LogP contribution in [0.2, 0.25) is 0 Å². The van der Waals surface area contributed by atoms with Gasteiger partial charge in [0, 0.05) is 37.3 Å². The fourth-order valence-electron chi connectivity index (χ4n) is 1.75. The lowest BCUT2D eigenvalue weighted by atomic mass is 9.87. The number of aromatic nitrogens is 2. The van der Waals surface area contributed by atoms with Gasteiger partial charge < -0.3 is 10.0 Å². The van der Waals surface area contributed by atoms with E-state index >= 15 is 0 Å². The van der Waals surface area contributed by atoms with Crippen molar-refractivity contribution in [1.29, 1.82) is 0 Å². The molecule has 1 N–H and O–H groups in total. The van der Waals surface area contributed by atoms with Crippen LogP contribution in [0.4, 0.5) is 0 Å². The lowest BCUT2D eigenvalue weighted by Crippen LogP contribution is -2.38. The molecule has 0 amide bonds. The summed E-state index contributed by atoms with van der Waals surface area (Å²) in [4.78, 5) is 2.21. The van der Waals surface area contributed by atoms with Crippen LogP contribution in [0, 0.1) is 5.41 Å². The molecular formula is C12H23N3O. The third-order valence-corrected chi connectivity index (χ3v) is 3.02. The average Bonchev–Trinajstić information content (AvgIpc) is 2.49. The number of nitrogens with zero attached hydrogens (tertiary/aromatic N) is 3. The maximum atomic E-state index is 9.66. The van der Waals surface area contributed by atoms with Crippen LogP contribution in [-0.4, -0.2) is 39.5 Å². The quantitative estimate of drug-likeness (QED) is 0.820. The fraction of sp³-hybridized carbons (Fsp3) is 0.750. The minimum atomic E-state index is -0.302. The van der Waals surface area contributed by atoms with Crippen molar-refractivity contribution in [2.75, 3.05) is 13.6 Å². The van der Waals surface area contributed by atoms with E-state index in [2.05, 4.69) is 30.9 Å². The number of rotatable bonds is 5. The number of aliphatic hydroxyl groups is 1. The molecule has 0 aliphatic carbocycles. The number of aryl methyl sites for hydroxylation is 1. The van der Waals surface area contributed by atoms with Gasteiger partial charge in [0.05, 0.1) is 12.3 Å². The van der Waals surface area contributed by atoms with Gasteiger partial charge in [0.15, 0.2) is 0 Å². The molecule has 0 spiro atoms. The summed E-state index contributed by atoms with van der Waals surface area (Å²) in [5.41, 5.74) is 1.11. The first-order chi connectivity index (χ1) is 7.31. The van der Waals surface area contributed by atoms with Crippen LogP contribution in [0.25, 0.3) is 0 Å². The standard InChI is InChI=1S/C12H23N3O/c1-10(16)12(2,3)9-14(4)7-11-6-13-15(5)8-11/h6,8,10,16H,7,9H2,1-5H3. The van der Waals surface area contributed by atoms with Crippen LogP contribution in [0.15, 0.2) is 12.4 Å². The van der Waals surface area contributed by atoms with Gasteiger partial charge in [-0.25, -0.2) is 0 Å². The monoisotopic (exact) mass is 225 g/mol. The zero-order chi connectivity index (χ0) is 12.3. The number of aliphatic hydroxyl groups excluding tert-OH is 1. The van der Waals surface area contributed by atoms with Crippen molar-refractivity contribution < 1.29 is 5.11 Å². The molecular weight excluding hydrogens is 202 g/mol. The van der Waals surface area contributed by atoms with E-state index in [1.807, 2.05) is 31.0 Å². The van der Waals surface area contributed by atoms with E-state index < -0.39 is 0 Å². The Morgan fingerprint density at radius 1 is 1.56 bits per heavy atom. The Bertz CT molecular complexity index is 331. The maximum Gasteiger partial charge on any atom is 0.0575 e. The smallest absolute Gasteiger partial charge is 0.0575 e. The van der Waals surface area contributed by atoms with E-state index in [9.17, 15) is 5.11 Å². The van der Waals surface area contributed by atoms with Gasteiger partial charge in [0.2, 0.25) is 0 Å². The minimum Gasteiger partial charge on any atom is -0.393 e. The lowest BCUT2D eigenvalue weighted by molar-refractivity contribution is 0.0392. The van der Waals surface area contributed by atoms with Crippen LogP contribution in [-0.2, 0) is 13.6 Å². The highest BCUT2D eigenvalue weighted by Gasteiger charge is 2.25. The first-order valence-electron chi connectivity index (χ1n) is 5.65. The summed E-state index contributed by atoms with van der Waals surface area (Å²) in [6.45, 7) is 7.73. The Balaban J connectivity index is 2.50. The summed E-state index contributed by atoms with van der Waals surface area (Å²) < 4.78 is 1.81. The minimum absolute atomic E-state index is 0.0864. The largest absolute Gasteiger partial charge is 0.393 e. The maximum absolute atomic E-state index is 9.66. The van der Waals surface area contributed by atoms with Crippen LogP contribution in [0.1, 0.15) is 26.3 Å². The Kier molecular flexibility index (Phi) is 4.10. The van der Waals surface area contributed by atoms with Gasteiger partial charge in [-0.15, -0.1) is 0 Å². The molecule has 0 bridgehead atoms. The number of hydrogen-bond donors (Lipinski definition) is 1. The molecule has 0 aliphatic heterocycles. The van der Waals surface area contributed by atoms with E-state index in [-0.39, 0.29) is 11.5 Å². The third-order valence-electron chi connectivity index (χ3n) is 3.02. The van der Waals surface area contributed by atoms with Crippen molar-refractivity contribution >= 4 is 0 Å². The Labute approximate surface area is 97.9 Å². The van der Waals surface area contributed by atoms with E-state index in [4.69, 9.17) is 0 Å². The van der Waals surface area contributed by atoms with E-state index in [1.54, 1.807) is 0 Å². The second-order valence-corrected chi connectivity index (χ2v) is 5.36. The molecule has 4 heteroatoms. The van der Waals surface area contributed by atoms with E-state index in [1.165, 1.54) is 5.56 Å². The molecule has 1 aromatic rings. The molecule has 0 fully saturated rings. The van der Waals surface area contributed by atoms with Gasteiger partial charge in [-0.05, 0) is 14.0 Å². The second-order valence-electron chi connectivity index (χ2n) is 5.36. The normalized spacial score (nSPS) is 14.4. The fourth-order valence-corrected chi connectivity index (χ4v) is 1.75. The van der Waals surface area contributed by atoms with Crippen molar-refractivity contribution in [2.45, 2.75) is 33.4 Å².